The molecule has 2 aliphatic rings. The second kappa shape index (κ2) is 7.12. The number of rotatable bonds is 3. The maximum absolute atomic E-state index is 12.4. The highest BCUT2D eigenvalue weighted by Gasteiger charge is 2.51. The van der Waals surface area contributed by atoms with Crippen LogP contribution in [0.2, 0.25) is 0 Å². The van der Waals surface area contributed by atoms with Crippen LogP contribution in [0.5, 0.6) is 11.5 Å². The van der Waals surface area contributed by atoms with Gasteiger partial charge in [-0.3, -0.25) is 0 Å². The molecule has 3 rings (SSSR count). The molecule has 25 heavy (non-hydrogen) atoms. The number of hydrogen-bond acceptors (Lipinski definition) is 5. The number of benzene rings is 1. The second-order valence-corrected chi connectivity index (χ2v) is 6.92. The van der Waals surface area contributed by atoms with Crippen molar-refractivity contribution in [2.75, 3.05) is 27.9 Å². The molecule has 3 atom stereocenters. The first-order valence-corrected chi connectivity index (χ1v) is 8.83. The first-order chi connectivity index (χ1) is 12.0. The molecule has 1 aromatic carbocycles. The normalized spacial score (nSPS) is 28.9. The zero-order chi connectivity index (χ0) is 18.0. The lowest BCUT2D eigenvalue weighted by atomic mass is 9.66. The van der Waals surface area contributed by atoms with Gasteiger partial charge in [-0.15, -0.1) is 0 Å². The van der Waals surface area contributed by atoms with Crippen LogP contribution in [-0.2, 0) is 4.74 Å². The fraction of sp³-hybridized carbons (Fsp3) is 0.632. The van der Waals surface area contributed by atoms with Gasteiger partial charge in [0.1, 0.15) is 11.5 Å². The molecule has 138 valence electrons. The summed E-state index contributed by atoms with van der Waals surface area (Å²) in [7, 11) is 4.62. The van der Waals surface area contributed by atoms with E-state index in [1.165, 1.54) is 7.11 Å². The van der Waals surface area contributed by atoms with Crippen LogP contribution in [0.15, 0.2) is 18.2 Å². The molecule has 2 unspecified atom stereocenters. The summed E-state index contributed by atoms with van der Waals surface area (Å²) >= 11 is 0. The molecule has 2 fully saturated rings. The minimum absolute atomic E-state index is 0.0462. The summed E-state index contributed by atoms with van der Waals surface area (Å²) in [6.07, 6.45) is 3.92. The predicted molar refractivity (Wildman–Crippen MR) is 92.9 cm³/mol. The van der Waals surface area contributed by atoms with Crippen molar-refractivity contribution in [1.82, 2.24) is 4.90 Å². The number of carbonyl (C=O) groups excluding carboxylic acids is 1. The summed E-state index contributed by atoms with van der Waals surface area (Å²) in [4.78, 5) is 14.2. The number of amides is 1. The number of methoxy groups -OCH3 is 3. The monoisotopic (exact) mass is 349 g/mol. The number of carbonyl (C=O) groups is 1. The van der Waals surface area contributed by atoms with Gasteiger partial charge in [-0.1, -0.05) is 12.8 Å². The minimum atomic E-state index is -0.748. The zero-order valence-electron chi connectivity index (χ0n) is 15.2. The van der Waals surface area contributed by atoms with Crippen molar-refractivity contribution in [1.29, 1.82) is 0 Å². The molecule has 0 radical (unpaired) electrons. The van der Waals surface area contributed by atoms with Crippen molar-refractivity contribution in [2.24, 2.45) is 5.92 Å². The van der Waals surface area contributed by atoms with Crippen LogP contribution in [-0.4, -0.2) is 49.6 Å². The fourth-order valence-electron chi connectivity index (χ4n) is 4.46. The minimum Gasteiger partial charge on any atom is -0.497 e. The molecule has 0 spiro atoms. The largest absolute Gasteiger partial charge is 0.497 e. The van der Waals surface area contributed by atoms with Crippen LogP contribution in [0.25, 0.3) is 0 Å². The second-order valence-electron chi connectivity index (χ2n) is 6.92. The first kappa shape index (κ1) is 17.9. The van der Waals surface area contributed by atoms with Gasteiger partial charge in [-0.05, 0) is 37.5 Å². The van der Waals surface area contributed by atoms with Gasteiger partial charge < -0.3 is 24.2 Å². The van der Waals surface area contributed by atoms with Crippen molar-refractivity contribution < 1.29 is 24.1 Å². The summed E-state index contributed by atoms with van der Waals surface area (Å²) in [5.41, 5.74) is 0.110. The number of hydrogen-bond donors (Lipinski definition) is 1. The summed E-state index contributed by atoms with van der Waals surface area (Å²) in [5.74, 6) is 1.34. The Morgan fingerprint density at radius 3 is 2.68 bits per heavy atom. The van der Waals surface area contributed by atoms with Gasteiger partial charge in [0, 0.05) is 18.0 Å². The number of piperidine rings is 1. The third-order valence-corrected chi connectivity index (χ3v) is 5.73. The standard InChI is InChI=1S/C19H27NO5/c1-23-13-7-8-16(24-2)14(12-13)17-15-6-4-5-9-19(15,22)10-11-20(17)18(21)25-3/h7-8,12,15,17,22H,4-6,9-11H2,1-3H3/t15?,17-,19?/m0/s1. The lowest BCUT2D eigenvalue weighted by molar-refractivity contribution is -0.118. The lowest BCUT2D eigenvalue weighted by Gasteiger charge is -2.52. The highest BCUT2D eigenvalue weighted by atomic mass is 16.5. The van der Waals surface area contributed by atoms with E-state index in [1.54, 1.807) is 19.1 Å². The maximum Gasteiger partial charge on any atom is 0.410 e. The Morgan fingerprint density at radius 1 is 1.20 bits per heavy atom. The van der Waals surface area contributed by atoms with Crippen LogP contribution >= 0.6 is 0 Å². The number of fused-ring (bicyclic) bond motifs is 1. The average molecular weight is 349 g/mol. The molecule has 1 saturated heterocycles. The van der Waals surface area contributed by atoms with E-state index in [2.05, 4.69) is 0 Å². The fourth-order valence-corrected chi connectivity index (χ4v) is 4.46. The van der Waals surface area contributed by atoms with Gasteiger partial charge in [-0.2, -0.15) is 0 Å². The molecule has 6 heteroatoms. The Balaban J connectivity index is 2.10. The Morgan fingerprint density at radius 2 is 2.00 bits per heavy atom. The van der Waals surface area contributed by atoms with Crippen LogP contribution in [0.4, 0.5) is 4.79 Å². The van der Waals surface area contributed by atoms with E-state index in [4.69, 9.17) is 14.2 Å². The van der Waals surface area contributed by atoms with Gasteiger partial charge in [0.25, 0.3) is 0 Å². The van der Waals surface area contributed by atoms with Gasteiger partial charge in [0.2, 0.25) is 0 Å². The van der Waals surface area contributed by atoms with E-state index in [1.807, 2.05) is 18.2 Å². The molecule has 1 heterocycles. The van der Waals surface area contributed by atoms with Crippen molar-refractivity contribution >= 4 is 6.09 Å². The van der Waals surface area contributed by atoms with Crippen LogP contribution in [0.3, 0.4) is 0 Å². The molecule has 1 amide bonds. The average Bonchev–Trinajstić information content (AvgIpc) is 2.65. The van der Waals surface area contributed by atoms with Crippen LogP contribution in [0, 0.1) is 5.92 Å². The zero-order valence-corrected chi connectivity index (χ0v) is 15.2. The molecular weight excluding hydrogens is 322 g/mol. The summed E-state index contributed by atoms with van der Waals surface area (Å²) in [5, 5.41) is 11.2. The van der Waals surface area contributed by atoms with Gasteiger partial charge in [0.15, 0.2) is 0 Å². The summed E-state index contributed by atoms with van der Waals surface area (Å²) < 4.78 is 15.9. The number of likely N-dealkylation sites (tertiary alicyclic amines) is 1. The van der Waals surface area contributed by atoms with E-state index in [-0.39, 0.29) is 18.1 Å². The molecule has 6 nitrogen and oxygen atoms in total. The first-order valence-electron chi connectivity index (χ1n) is 8.83. The third kappa shape index (κ3) is 3.15. The Bertz CT molecular complexity index is 634. The molecule has 1 aliphatic carbocycles. The SMILES string of the molecule is COC(=O)N1CCC2(O)CCCCC2[C@@H]1c1cc(OC)ccc1OC. The quantitative estimate of drug-likeness (QED) is 0.908. The van der Waals surface area contributed by atoms with Gasteiger partial charge in [0.05, 0.1) is 33.0 Å². The number of aliphatic hydroxyl groups is 1. The van der Waals surface area contributed by atoms with E-state index in [0.29, 0.717) is 24.5 Å². The molecule has 1 aliphatic heterocycles. The Hall–Kier alpha value is -1.95. The molecule has 1 aromatic rings. The van der Waals surface area contributed by atoms with Crippen LogP contribution in [0.1, 0.15) is 43.7 Å². The molecule has 1 saturated carbocycles. The highest BCUT2D eigenvalue weighted by molar-refractivity contribution is 5.69. The van der Waals surface area contributed by atoms with Gasteiger partial charge >= 0.3 is 6.09 Å². The molecule has 0 aromatic heterocycles. The molecule has 1 N–H and O–H groups in total. The highest BCUT2D eigenvalue weighted by Crippen LogP contribution is 2.51. The topological polar surface area (TPSA) is 68.2 Å². The van der Waals surface area contributed by atoms with Crippen LogP contribution < -0.4 is 9.47 Å². The smallest absolute Gasteiger partial charge is 0.410 e. The lowest BCUT2D eigenvalue weighted by Crippen LogP contribution is -2.56. The van der Waals surface area contributed by atoms with Crippen molar-refractivity contribution in [3.8, 4) is 11.5 Å². The molecular formula is C19H27NO5. The van der Waals surface area contributed by atoms with E-state index in [0.717, 1.165) is 31.2 Å². The van der Waals surface area contributed by atoms with E-state index >= 15 is 0 Å². The van der Waals surface area contributed by atoms with E-state index < -0.39 is 5.60 Å². The summed E-state index contributed by atoms with van der Waals surface area (Å²) in [6, 6.07) is 5.29. The number of ether oxygens (including phenoxy) is 3. The Kier molecular flexibility index (Phi) is 5.08. The number of nitrogens with zero attached hydrogens (tertiary/aromatic N) is 1. The predicted octanol–water partition coefficient (Wildman–Crippen LogP) is 3.14. The van der Waals surface area contributed by atoms with E-state index in [9.17, 15) is 9.90 Å². The Labute approximate surface area is 148 Å². The maximum atomic E-state index is 12.4. The summed E-state index contributed by atoms with van der Waals surface area (Å²) in [6.45, 7) is 0.463. The van der Waals surface area contributed by atoms with Crippen molar-refractivity contribution in [2.45, 2.75) is 43.7 Å². The van der Waals surface area contributed by atoms with Crippen molar-refractivity contribution in [3.05, 3.63) is 23.8 Å². The van der Waals surface area contributed by atoms with Gasteiger partial charge in [-0.25, -0.2) is 4.79 Å². The van der Waals surface area contributed by atoms with Crippen molar-refractivity contribution in [3.63, 3.8) is 0 Å². The molecule has 0 bridgehead atoms. The third-order valence-electron chi connectivity index (χ3n) is 5.73.